The number of nitrogens with two attached hydrogens (primary N) is 1. The second kappa shape index (κ2) is 5.80. The lowest BCUT2D eigenvalue weighted by Gasteiger charge is -2.10. The number of hydrogen-bond donors (Lipinski definition) is 1. The molecule has 0 aliphatic heterocycles. The van der Waals surface area contributed by atoms with E-state index in [0.717, 1.165) is 12.1 Å². The summed E-state index contributed by atoms with van der Waals surface area (Å²) in [5, 5.41) is 0. The molecule has 0 saturated heterocycles. The minimum absolute atomic E-state index is 0.0640. The summed E-state index contributed by atoms with van der Waals surface area (Å²) in [5.41, 5.74) is 7.30. The molecule has 2 rings (SSSR count). The highest BCUT2D eigenvalue weighted by Crippen LogP contribution is 2.23. The minimum Gasteiger partial charge on any atom is -0.456 e. The van der Waals surface area contributed by atoms with Crippen LogP contribution in [0.3, 0.4) is 0 Å². The molecule has 0 aliphatic carbocycles. The molecule has 2 aromatic rings. The first kappa shape index (κ1) is 13.5. The van der Waals surface area contributed by atoms with Gasteiger partial charge in [-0.2, -0.15) is 0 Å². The fourth-order valence-corrected chi connectivity index (χ4v) is 1.65. The lowest BCUT2D eigenvalue weighted by atomic mass is 10.1. The summed E-state index contributed by atoms with van der Waals surface area (Å²) in [6, 6.07) is 8.32. The van der Waals surface area contributed by atoms with Crippen LogP contribution in [0.15, 0.2) is 36.5 Å². The quantitative estimate of drug-likeness (QED) is 0.911. The van der Waals surface area contributed by atoms with Gasteiger partial charge in [0.25, 0.3) is 0 Å². The van der Waals surface area contributed by atoms with Crippen molar-refractivity contribution in [2.24, 2.45) is 5.73 Å². The van der Waals surface area contributed by atoms with Crippen LogP contribution in [0.2, 0.25) is 0 Å². The van der Waals surface area contributed by atoms with E-state index in [2.05, 4.69) is 4.98 Å². The molecule has 0 radical (unpaired) electrons. The second-order valence-corrected chi connectivity index (χ2v) is 4.45. The fourth-order valence-electron chi connectivity index (χ4n) is 1.65. The lowest BCUT2D eigenvalue weighted by Crippen LogP contribution is -2.10. The Hall–Kier alpha value is -1.94. The first-order valence-electron chi connectivity index (χ1n) is 6.25. The standard InChI is InChI=1S/C15H17FN2O/c1-3-14(17)15-7-6-12(9-18-15)19-11-5-4-10(2)13(16)8-11/h4-9,14H,3,17H2,1-2H3/t14-/m1/s1. The van der Waals surface area contributed by atoms with Crippen LogP contribution < -0.4 is 10.5 Å². The van der Waals surface area contributed by atoms with Gasteiger partial charge >= 0.3 is 0 Å². The number of rotatable bonds is 4. The Morgan fingerprint density at radius 1 is 1.26 bits per heavy atom. The number of nitrogens with zero attached hydrogens (tertiary/aromatic N) is 1. The summed E-state index contributed by atoms with van der Waals surface area (Å²) in [6.45, 7) is 3.72. The molecule has 1 aromatic heterocycles. The van der Waals surface area contributed by atoms with Crippen molar-refractivity contribution in [3.05, 3.63) is 53.6 Å². The number of benzene rings is 1. The van der Waals surface area contributed by atoms with Gasteiger partial charge < -0.3 is 10.5 Å². The van der Waals surface area contributed by atoms with Gasteiger partial charge in [0.1, 0.15) is 17.3 Å². The largest absolute Gasteiger partial charge is 0.456 e. The highest BCUT2D eigenvalue weighted by molar-refractivity contribution is 5.33. The van der Waals surface area contributed by atoms with Crippen LogP contribution in [0.5, 0.6) is 11.5 Å². The molecule has 3 nitrogen and oxygen atoms in total. The average molecular weight is 260 g/mol. The predicted molar refractivity (Wildman–Crippen MR) is 72.7 cm³/mol. The summed E-state index contributed by atoms with van der Waals surface area (Å²) in [6.07, 6.45) is 2.43. The number of halogens is 1. The molecule has 0 saturated carbocycles. The second-order valence-electron chi connectivity index (χ2n) is 4.45. The maximum Gasteiger partial charge on any atom is 0.145 e. The van der Waals surface area contributed by atoms with E-state index >= 15 is 0 Å². The van der Waals surface area contributed by atoms with Crippen molar-refractivity contribution >= 4 is 0 Å². The molecule has 4 heteroatoms. The van der Waals surface area contributed by atoms with Crippen LogP contribution >= 0.6 is 0 Å². The van der Waals surface area contributed by atoms with Crippen molar-refractivity contribution in [3.63, 3.8) is 0 Å². The van der Waals surface area contributed by atoms with Gasteiger partial charge in [0, 0.05) is 12.1 Å². The van der Waals surface area contributed by atoms with Gasteiger partial charge in [0.15, 0.2) is 0 Å². The van der Waals surface area contributed by atoms with Crippen LogP contribution in [0.1, 0.15) is 30.6 Å². The average Bonchev–Trinajstić information content (AvgIpc) is 2.43. The van der Waals surface area contributed by atoms with Crippen molar-refractivity contribution in [1.29, 1.82) is 0 Å². The van der Waals surface area contributed by atoms with E-state index in [1.54, 1.807) is 31.3 Å². The number of aryl methyl sites for hydroxylation is 1. The molecule has 0 amide bonds. The van der Waals surface area contributed by atoms with Gasteiger partial charge in [-0.25, -0.2) is 4.39 Å². The number of hydrogen-bond acceptors (Lipinski definition) is 3. The third-order valence-corrected chi connectivity index (χ3v) is 2.96. The Morgan fingerprint density at radius 3 is 2.58 bits per heavy atom. The molecule has 2 N–H and O–H groups in total. The van der Waals surface area contributed by atoms with Crippen LogP contribution in [-0.4, -0.2) is 4.98 Å². The summed E-state index contributed by atoms with van der Waals surface area (Å²) >= 11 is 0. The molecule has 0 fully saturated rings. The molecule has 1 aromatic carbocycles. The minimum atomic E-state index is -0.282. The number of ether oxygens (including phenoxy) is 1. The third-order valence-electron chi connectivity index (χ3n) is 2.96. The normalized spacial score (nSPS) is 12.2. The first-order valence-corrected chi connectivity index (χ1v) is 6.25. The molecule has 0 bridgehead atoms. The van der Waals surface area contributed by atoms with Gasteiger partial charge in [-0.3, -0.25) is 4.98 Å². The van der Waals surface area contributed by atoms with E-state index in [-0.39, 0.29) is 11.9 Å². The number of aromatic nitrogens is 1. The van der Waals surface area contributed by atoms with Crippen molar-refractivity contribution in [3.8, 4) is 11.5 Å². The lowest BCUT2D eigenvalue weighted by molar-refractivity contribution is 0.472. The molecular weight excluding hydrogens is 243 g/mol. The molecule has 100 valence electrons. The Bertz CT molecular complexity index is 555. The van der Waals surface area contributed by atoms with Gasteiger partial charge in [-0.1, -0.05) is 13.0 Å². The summed E-state index contributed by atoms with van der Waals surface area (Å²) < 4.78 is 18.9. The molecule has 0 unspecified atom stereocenters. The Kier molecular flexibility index (Phi) is 4.12. The molecular formula is C15H17FN2O. The van der Waals surface area contributed by atoms with Crippen molar-refractivity contribution in [1.82, 2.24) is 4.98 Å². The molecule has 0 spiro atoms. The zero-order chi connectivity index (χ0) is 13.8. The Morgan fingerprint density at radius 2 is 2.00 bits per heavy atom. The number of pyridine rings is 1. The van der Waals surface area contributed by atoms with Gasteiger partial charge in [0.05, 0.1) is 11.9 Å². The fraction of sp³-hybridized carbons (Fsp3) is 0.267. The van der Waals surface area contributed by atoms with Crippen LogP contribution in [0, 0.1) is 12.7 Å². The summed E-state index contributed by atoms with van der Waals surface area (Å²) in [4.78, 5) is 4.24. The third kappa shape index (κ3) is 3.29. The smallest absolute Gasteiger partial charge is 0.145 e. The van der Waals surface area contributed by atoms with Gasteiger partial charge in [0.2, 0.25) is 0 Å². The topological polar surface area (TPSA) is 48.1 Å². The first-order chi connectivity index (χ1) is 9.10. The molecule has 1 heterocycles. The monoisotopic (exact) mass is 260 g/mol. The van der Waals surface area contributed by atoms with E-state index in [1.165, 1.54) is 6.07 Å². The summed E-state index contributed by atoms with van der Waals surface area (Å²) in [7, 11) is 0. The van der Waals surface area contributed by atoms with Crippen molar-refractivity contribution < 1.29 is 9.13 Å². The van der Waals surface area contributed by atoms with E-state index < -0.39 is 0 Å². The predicted octanol–water partition coefficient (Wildman–Crippen LogP) is 3.73. The molecule has 1 atom stereocenters. The molecule has 19 heavy (non-hydrogen) atoms. The van der Waals surface area contributed by atoms with E-state index in [1.807, 2.05) is 13.0 Å². The zero-order valence-corrected chi connectivity index (χ0v) is 11.1. The highest BCUT2D eigenvalue weighted by atomic mass is 19.1. The Labute approximate surface area is 112 Å². The maximum absolute atomic E-state index is 13.4. The maximum atomic E-state index is 13.4. The zero-order valence-electron chi connectivity index (χ0n) is 11.1. The van der Waals surface area contributed by atoms with Crippen molar-refractivity contribution in [2.75, 3.05) is 0 Å². The summed E-state index contributed by atoms with van der Waals surface area (Å²) in [5.74, 6) is 0.739. The Balaban J connectivity index is 2.12. The van der Waals surface area contributed by atoms with E-state index in [9.17, 15) is 4.39 Å². The van der Waals surface area contributed by atoms with Crippen LogP contribution in [-0.2, 0) is 0 Å². The SMILES string of the molecule is CC[C@@H](N)c1ccc(Oc2ccc(C)c(F)c2)cn1. The van der Waals surface area contributed by atoms with E-state index in [4.69, 9.17) is 10.5 Å². The van der Waals surface area contributed by atoms with Gasteiger partial charge in [-0.05, 0) is 37.1 Å². The highest BCUT2D eigenvalue weighted by Gasteiger charge is 2.06. The van der Waals surface area contributed by atoms with Gasteiger partial charge in [-0.15, -0.1) is 0 Å². The van der Waals surface area contributed by atoms with E-state index in [0.29, 0.717) is 17.1 Å². The van der Waals surface area contributed by atoms with Crippen molar-refractivity contribution in [2.45, 2.75) is 26.3 Å². The van der Waals surface area contributed by atoms with Crippen LogP contribution in [0.25, 0.3) is 0 Å². The molecule has 0 aliphatic rings. The van der Waals surface area contributed by atoms with Crippen LogP contribution in [0.4, 0.5) is 4.39 Å².